The lowest BCUT2D eigenvalue weighted by molar-refractivity contribution is -0.384. The second-order valence-electron chi connectivity index (χ2n) is 3.71. The molecular formula is C12H12N4O2S. The monoisotopic (exact) mass is 276 g/mol. The Labute approximate surface area is 114 Å². The molecular weight excluding hydrogens is 264 g/mol. The average Bonchev–Trinajstić information content (AvgIpc) is 2.45. The molecule has 1 aromatic carbocycles. The van der Waals surface area contributed by atoms with Crippen LogP contribution in [0.2, 0.25) is 0 Å². The fraction of sp³-hybridized carbons (Fsp3) is 0.0833. The molecule has 0 unspecified atom stereocenters. The van der Waals surface area contributed by atoms with E-state index in [0.29, 0.717) is 11.4 Å². The summed E-state index contributed by atoms with van der Waals surface area (Å²) in [4.78, 5) is 15.3. The minimum Gasteiger partial charge on any atom is -0.324 e. The molecule has 3 N–H and O–H groups in total. The number of non-ortho nitro benzene ring substituents is 1. The Kier molecular flexibility index (Phi) is 4.32. The summed E-state index contributed by atoms with van der Waals surface area (Å²) in [6, 6.07) is 8.34. The zero-order valence-electron chi connectivity index (χ0n) is 9.95. The molecule has 2 rings (SSSR count). The van der Waals surface area contributed by atoms with E-state index in [1.54, 1.807) is 30.2 Å². The topological polar surface area (TPSA) is 94.1 Å². The van der Waals surface area contributed by atoms with Crippen molar-refractivity contribution in [2.24, 2.45) is 5.84 Å². The highest BCUT2D eigenvalue weighted by molar-refractivity contribution is 7.98. The van der Waals surface area contributed by atoms with E-state index >= 15 is 0 Å². The fourth-order valence-corrected chi connectivity index (χ4v) is 2.42. The number of hydrogen-bond acceptors (Lipinski definition) is 6. The minimum atomic E-state index is -0.416. The van der Waals surface area contributed by atoms with E-state index in [1.165, 1.54) is 12.1 Å². The van der Waals surface area contributed by atoms with Crippen molar-refractivity contribution in [3.05, 3.63) is 58.4 Å². The number of nitrogens with two attached hydrogens (primary N) is 1. The van der Waals surface area contributed by atoms with E-state index < -0.39 is 4.92 Å². The molecule has 0 radical (unpaired) electrons. The van der Waals surface area contributed by atoms with Crippen LogP contribution in [0.15, 0.2) is 47.6 Å². The lowest BCUT2D eigenvalue weighted by Gasteiger charge is -2.08. The second kappa shape index (κ2) is 6.17. The van der Waals surface area contributed by atoms with Gasteiger partial charge in [0.25, 0.3) is 5.69 Å². The summed E-state index contributed by atoms with van der Waals surface area (Å²) >= 11 is 1.57. The summed E-state index contributed by atoms with van der Waals surface area (Å²) in [5.41, 5.74) is 4.09. The number of hydrogen-bond donors (Lipinski definition) is 2. The van der Waals surface area contributed by atoms with Crippen LogP contribution < -0.4 is 11.3 Å². The number of nitrogens with zero attached hydrogens (tertiary/aromatic N) is 2. The van der Waals surface area contributed by atoms with Crippen molar-refractivity contribution >= 4 is 23.1 Å². The van der Waals surface area contributed by atoms with Crippen LogP contribution in [0.3, 0.4) is 0 Å². The van der Waals surface area contributed by atoms with Crippen LogP contribution in [0, 0.1) is 10.1 Å². The maximum absolute atomic E-state index is 10.8. The summed E-state index contributed by atoms with van der Waals surface area (Å²) in [5, 5.41) is 10.8. The zero-order valence-corrected chi connectivity index (χ0v) is 10.8. The molecule has 7 heteroatoms. The lowest BCUT2D eigenvalue weighted by atomic mass is 10.2. The van der Waals surface area contributed by atoms with E-state index in [9.17, 15) is 10.1 Å². The molecule has 6 nitrogen and oxygen atoms in total. The van der Waals surface area contributed by atoms with Gasteiger partial charge in [-0.05, 0) is 23.8 Å². The molecule has 98 valence electrons. The predicted molar refractivity (Wildman–Crippen MR) is 74.7 cm³/mol. The molecule has 19 heavy (non-hydrogen) atoms. The van der Waals surface area contributed by atoms with Gasteiger partial charge < -0.3 is 5.43 Å². The molecule has 0 saturated heterocycles. The minimum absolute atomic E-state index is 0.0596. The number of thioether (sulfide) groups is 1. The van der Waals surface area contributed by atoms with Gasteiger partial charge in [0.2, 0.25) is 0 Å². The number of aromatic nitrogens is 1. The zero-order chi connectivity index (χ0) is 13.7. The van der Waals surface area contributed by atoms with Crippen molar-refractivity contribution in [3.63, 3.8) is 0 Å². The van der Waals surface area contributed by atoms with Gasteiger partial charge in [-0.25, -0.2) is 0 Å². The number of nitro benzene ring substituents is 1. The Morgan fingerprint density at radius 2 is 2.05 bits per heavy atom. The van der Waals surface area contributed by atoms with Crippen LogP contribution in [0.5, 0.6) is 0 Å². The maximum Gasteiger partial charge on any atom is 0.269 e. The van der Waals surface area contributed by atoms with Gasteiger partial charge in [-0.2, -0.15) is 0 Å². The Morgan fingerprint density at radius 3 is 2.68 bits per heavy atom. The van der Waals surface area contributed by atoms with Crippen molar-refractivity contribution < 1.29 is 4.92 Å². The molecule has 1 heterocycles. The SMILES string of the molecule is NNc1ccc([N+](=O)[O-])cc1CSc1ccncc1. The molecule has 0 bridgehead atoms. The molecule has 0 aliphatic heterocycles. The first-order valence-corrected chi connectivity index (χ1v) is 6.46. The third-order valence-corrected chi connectivity index (χ3v) is 3.56. The number of nitro groups is 1. The number of nitrogen functional groups attached to an aromatic ring is 1. The van der Waals surface area contributed by atoms with Gasteiger partial charge in [0.05, 0.1) is 10.6 Å². The van der Waals surface area contributed by atoms with Gasteiger partial charge in [-0.15, -0.1) is 11.8 Å². The first-order valence-electron chi connectivity index (χ1n) is 5.47. The summed E-state index contributed by atoms with van der Waals surface area (Å²) < 4.78 is 0. The van der Waals surface area contributed by atoms with E-state index in [-0.39, 0.29) is 5.69 Å². The summed E-state index contributed by atoms with van der Waals surface area (Å²) in [6.07, 6.45) is 3.41. The number of pyridine rings is 1. The standard InChI is InChI=1S/C12H12N4O2S/c13-15-12-2-1-10(16(17)18)7-9(12)8-19-11-3-5-14-6-4-11/h1-7,15H,8,13H2. The summed E-state index contributed by atoms with van der Waals surface area (Å²) in [5.74, 6) is 6.00. The Hall–Kier alpha value is -2.12. The number of rotatable bonds is 5. The van der Waals surface area contributed by atoms with E-state index in [4.69, 9.17) is 5.84 Å². The van der Waals surface area contributed by atoms with Crippen LogP contribution in [0.25, 0.3) is 0 Å². The molecule has 0 atom stereocenters. The third kappa shape index (κ3) is 3.43. The van der Waals surface area contributed by atoms with Crippen molar-refractivity contribution in [1.82, 2.24) is 4.98 Å². The quantitative estimate of drug-likeness (QED) is 0.377. The normalized spacial score (nSPS) is 10.2. The van der Waals surface area contributed by atoms with Crippen molar-refractivity contribution in [2.75, 3.05) is 5.43 Å². The average molecular weight is 276 g/mol. The first kappa shape index (κ1) is 13.3. The Balaban J connectivity index is 2.18. The summed E-state index contributed by atoms with van der Waals surface area (Å²) in [6.45, 7) is 0. The van der Waals surface area contributed by atoms with Gasteiger partial charge >= 0.3 is 0 Å². The number of nitrogens with one attached hydrogen (secondary N) is 1. The highest BCUT2D eigenvalue weighted by Gasteiger charge is 2.10. The first-order chi connectivity index (χ1) is 9.20. The maximum atomic E-state index is 10.8. The van der Waals surface area contributed by atoms with Crippen LogP contribution in [-0.4, -0.2) is 9.91 Å². The van der Waals surface area contributed by atoms with Gasteiger partial charge in [0, 0.05) is 35.2 Å². The number of benzene rings is 1. The highest BCUT2D eigenvalue weighted by Crippen LogP contribution is 2.28. The number of hydrazine groups is 1. The molecule has 0 saturated carbocycles. The van der Waals surface area contributed by atoms with Gasteiger partial charge in [0.15, 0.2) is 0 Å². The molecule has 0 spiro atoms. The van der Waals surface area contributed by atoms with Crippen LogP contribution in [0.4, 0.5) is 11.4 Å². The van der Waals surface area contributed by atoms with Crippen LogP contribution in [0.1, 0.15) is 5.56 Å². The fourth-order valence-electron chi connectivity index (χ4n) is 1.55. The predicted octanol–water partition coefficient (Wildman–Crippen LogP) is 2.57. The smallest absolute Gasteiger partial charge is 0.269 e. The molecule has 0 aliphatic rings. The Morgan fingerprint density at radius 1 is 1.32 bits per heavy atom. The Bertz CT molecular complexity index is 577. The molecule has 0 amide bonds. The van der Waals surface area contributed by atoms with E-state index in [0.717, 1.165) is 10.5 Å². The van der Waals surface area contributed by atoms with Crippen molar-refractivity contribution in [3.8, 4) is 0 Å². The number of anilines is 1. The molecule has 2 aromatic rings. The molecule has 0 fully saturated rings. The van der Waals surface area contributed by atoms with Crippen molar-refractivity contribution in [2.45, 2.75) is 10.6 Å². The van der Waals surface area contributed by atoms with Crippen LogP contribution in [-0.2, 0) is 5.75 Å². The molecule has 0 aliphatic carbocycles. The summed E-state index contributed by atoms with van der Waals surface area (Å²) in [7, 11) is 0. The van der Waals surface area contributed by atoms with E-state index in [1.807, 2.05) is 12.1 Å². The molecule has 1 aromatic heterocycles. The van der Waals surface area contributed by atoms with Crippen molar-refractivity contribution in [1.29, 1.82) is 0 Å². The van der Waals surface area contributed by atoms with Gasteiger partial charge in [0.1, 0.15) is 0 Å². The largest absolute Gasteiger partial charge is 0.324 e. The van der Waals surface area contributed by atoms with Gasteiger partial charge in [-0.1, -0.05) is 0 Å². The van der Waals surface area contributed by atoms with Crippen LogP contribution >= 0.6 is 11.8 Å². The lowest BCUT2D eigenvalue weighted by Crippen LogP contribution is -2.09. The van der Waals surface area contributed by atoms with Gasteiger partial charge in [-0.3, -0.25) is 20.9 Å². The highest BCUT2D eigenvalue weighted by atomic mass is 32.2. The van der Waals surface area contributed by atoms with E-state index in [2.05, 4.69) is 10.4 Å². The second-order valence-corrected chi connectivity index (χ2v) is 4.76. The third-order valence-electron chi connectivity index (χ3n) is 2.50.